The maximum absolute atomic E-state index is 9.17. The highest BCUT2D eigenvalue weighted by Gasteiger charge is 2.12. The van der Waals surface area contributed by atoms with E-state index in [-0.39, 0.29) is 19.0 Å². The Balaban J connectivity index is 0.00000169. The minimum Gasteiger partial charge on any atom is -0.394 e. The van der Waals surface area contributed by atoms with Gasteiger partial charge in [0, 0.05) is 25.1 Å². The zero-order valence-electron chi connectivity index (χ0n) is 8.21. The highest BCUT2D eigenvalue weighted by Crippen LogP contribution is 2.07. The van der Waals surface area contributed by atoms with Gasteiger partial charge in [-0.1, -0.05) is 6.08 Å². The first-order valence-electron chi connectivity index (χ1n) is 4.36. The van der Waals surface area contributed by atoms with Crippen LogP contribution < -0.4 is 0 Å². The van der Waals surface area contributed by atoms with Crippen LogP contribution in [0.2, 0.25) is 0 Å². The molecule has 5 heteroatoms. The van der Waals surface area contributed by atoms with Crippen LogP contribution in [0.4, 0.5) is 0 Å². The lowest BCUT2D eigenvalue weighted by Gasteiger charge is -2.20. The fourth-order valence-corrected chi connectivity index (χ4v) is 1.22. The van der Waals surface area contributed by atoms with Crippen molar-refractivity contribution < 1.29 is 10.2 Å². The smallest absolute Gasteiger partial charge is 0.0945 e. The van der Waals surface area contributed by atoms with E-state index < -0.39 is 6.10 Å². The molecule has 14 heavy (non-hydrogen) atoms. The first-order valence-corrected chi connectivity index (χ1v) is 4.36. The molecular weight excluding hydrogens is 204 g/mol. The minimum absolute atomic E-state index is 0. The lowest BCUT2D eigenvalue weighted by Crippen LogP contribution is -2.32. The molecule has 0 saturated heterocycles. The molecule has 2 N–H and O–H groups in total. The third-order valence-electron chi connectivity index (χ3n) is 1.81. The van der Waals surface area contributed by atoms with Crippen molar-refractivity contribution in [3.8, 4) is 0 Å². The molecular formula is C9H17ClN2O2. The second-order valence-electron chi connectivity index (χ2n) is 3.04. The molecule has 0 aromatic heterocycles. The molecule has 1 atom stereocenters. The van der Waals surface area contributed by atoms with E-state index in [0.29, 0.717) is 6.54 Å². The molecule has 1 unspecified atom stereocenters. The van der Waals surface area contributed by atoms with Crippen LogP contribution in [0, 0.1) is 0 Å². The zero-order chi connectivity index (χ0) is 9.68. The summed E-state index contributed by atoms with van der Waals surface area (Å²) in [7, 11) is 0. The van der Waals surface area contributed by atoms with Gasteiger partial charge in [0.1, 0.15) is 0 Å². The van der Waals surface area contributed by atoms with Crippen LogP contribution in [0.15, 0.2) is 24.7 Å². The monoisotopic (exact) mass is 220 g/mol. The van der Waals surface area contributed by atoms with E-state index >= 15 is 0 Å². The molecule has 0 saturated carbocycles. The van der Waals surface area contributed by atoms with Gasteiger partial charge >= 0.3 is 0 Å². The highest BCUT2D eigenvalue weighted by atomic mass is 35.5. The average molecular weight is 221 g/mol. The average Bonchev–Trinajstić information content (AvgIpc) is 2.53. The van der Waals surface area contributed by atoms with E-state index in [9.17, 15) is 5.11 Å². The SMILES string of the molecule is CC=CN1C=CN(CC(O)CO)C1.Cl. The first-order chi connectivity index (χ1) is 6.26. The van der Waals surface area contributed by atoms with E-state index in [1.807, 2.05) is 41.4 Å². The molecule has 0 fully saturated rings. The molecule has 1 aliphatic rings. The van der Waals surface area contributed by atoms with Crippen LogP contribution in [0.5, 0.6) is 0 Å². The van der Waals surface area contributed by atoms with Gasteiger partial charge in [-0.25, -0.2) is 0 Å². The maximum atomic E-state index is 9.17. The van der Waals surface area contributed by atoms with E-state index in [1.165, 1.54) is 0 Å². The Labute approximate surface area is 90.5 Å². The van der Waals surface area contributed by atoms with Crippen molar-refractivity contribution in [3.05, 3.63) is 24.7 Å². The largest absolute Gasteiger partial charge is 0.394 e. The topological polar surface area (TPSA) is 46.9 Å². The standard InChI is InChI=1S/C9H16N2O2.ClH/c1-2-3-10-4-5-11(8-10)6-9(13)7-12;/h2-5,9,12-13H,6-8H2,1H3;1H. The van der Waals surface area contributed by atoms with Crippen LogP contribution >= 0.6 is 12.4 Å². The molecule has 0 bridgehead atoms. The molecule has 0 aromatic rings. The summed E-state index contributed by atoms with van der Waals surface area (Å²) >= 11 is 0. The van der Waals surface area contributed by atoms with Gasteiger partial charge in [0.15, 0.2) is 0 Å². The number of allylic oxidation sites excluding steroid dienone is 1. The third-order valence-corrected chi connectivity index (χ3v) is 1.81. The van der Waals surface area contributed by atoms with E-state index in [0.717, 1.165) is 6.67 Å². The lowest BCUT2D eigenvalue weighted by molar-refractivity contribution is 0.0691. The van der Waals surface area contributed by atoms with Crippen LogP contribution in [0.3, 0.4) is 0 Å². The Kier molecular flexibility index (Phi) is 6.36. The predicted molar refractivity (Wildman–Crippen MR) is 57.7 cm³/mol. The van der Waals surface area contributed by atoms with E-state index in [1.54, 1.807) is 0 Å². The Morgan fingerprint density at radius 1 is 1.50 bits per heavy atom. The molecule has 82 valence electrons. The van der Waals surface area contributed by atoms with Crippen LogP contribution in [0.25, 0.3) is 0 Å². The maximum Gasteiger partial charge on any atom is 0.0945 e. The van der Waals surface area contributed by atoms with Crippen LogP contribution in [0.1, 0.15) is 6.92 Å². The molecule has 0 aromatic carbocycles. The number of rotatable bonds is 4. The second-order valence-corrected chi connectivity index (χ2v) is 3.04. The van der Waals surface area contributed by atoms with Gasteiger partial charge in [0.2, 0.25) is 0 Å². The highest BCUT2D eigenvalue weighted by molar-refractivity contribution is 5.85. The van der Waals surface area contributed by atoms with Gasteiger partial charge in [-0.15, -0.1) is 12.4 Å². The Bertz CT molecular complexity index is 209. The zero-order valence-corrected chi connectivity index (χ0v) is 9.02. The number of β-amino-alcohol motifs (C(OH)–C–C–N with tert-alkyl or cyclic N) is 1. The summed E-state index contributed by atoms with van der Waals surface area (Å²) in [5, 5.41) is 17.8. The Morgan fingerprint density at radius 2 is 2.21 bits per heavy atom. The summed E-state index contributed by atoms with van der Waals surface area (Å²) in [6.45, 7) is 2.98. The summed E-state index contributed by atoms with van der Waals surface area (Å²) in [6, 6.07) is 0. The van der Waals surface area contributed by atoms with Crippen molar-refractivity contribution in [1.82, 2.24) is 9.80 Å². The lowest BCUT2D eigenvalue weighted by atomic mass is 10.3. The first kappa shape index (κ1) is 13.3. The summed E-state index contributed by atoms with van der Waals surface area (Å²) in [5.74, 6) is 0. The van der Waals surface area contributed by atoms with Crippen LogP contribution in [-0.2, 0) is 0 Å². The van der Waals surface area contributed by atoms with Crippen molar-refractivity contribution in [1.29, 1.82) is 0 Å². The molecule has 0 amide bonds. The summed E-state index contributed by atoms with van der Waals surface area (Å²) in [5.41, 5.74) is 0. The van der Waals surface area contributed by atoms with Crippen molar-refractivity contribution >= 4 is 12.4 Å². The fourth-order valence-electron chi connectivity index (χ4n) is 1.22. The molecule has 1 heterocycles. The van der Waals surface area contributed by atoms with Gasteiger partial charge in [-0.3, -0.25) is 0 Å². The fraction of sp³-hybridized carbons (Fsp3) is 0.556. The van der Waals surface area contributed by atoms with Gasteiger partial charge in [0.25, 0.3) is 0 Å². The molecule has 1 aliphatic heterocycles. The number of halogens is 1. The van der Waals surface area contributed by atoms with Gasteiger partial charge in [-0.05, 0) is 6.92 Å². The Hall–Kier alpha value is -0.710. The minimum atomic E-state index is -0.657. The van der Waals surface area contributed by atoms with E-state index in [4.69, 9.17) is 5.11 Å². The third kappa shape index (κ3) is 4.00. The summed E-state index contributed by atoms with van der Waals surface area (Å²) in [6.07, 6.45) is 7.09. The van der Waals surface area contributed by atoms with Gasteiger partial charge in [0.05, 0.1) is 19.4 Å². The Morgan fingerprint density at radius 3 is 2.79 bits per heavy atom. The van der Waals surface area contributed by atoms with E-state index in [2.05, 4.69) is 0 Å². The predicted octanol–water partition coefficient (Wildman–Crippen LogP) is 0.341. The number of aliphatic hydroxyl groups excluding tert-OH is 2. The van der Waals surface area contributed by atoms with Gasteiger partial charge in [-0.2, -0.15) is 0 Å². The quantitative estimate of drug-likeness (QED) is 0.718. The van der Waals surface area contributed by atoms with Gasteiger partial charge < -0.3 is 20.0 Å². The van der Waals surface area contributed by atoms with Crippen molar-refractivity contribution in [2.45, 2.75) is 13.0 Å². The van der Waals surface area contributed by atoms with Crippen LogP contribution in [-0.4, -0.2) is 45.9 Å². The molecule has 0 radical (unpaired) electrons. The molecule has 4 nitrogen and oxygen atoms in total. The number of nitrogens with zero attached hydrogens (tertiary/aromatic N) is 2. The summed E-state index contributed by atoms with van der Waals surface area (Å²) < 4.78 is 0. The number of hydrogen-bond donors (Lipinski definition) is 2. The number of hydrogen-bond acceptors (Lipinski definition) is 4. The van der Waals surface area contributed by atoms with Crippen molar-refractivity contribution in [2.24, 2.45) is 0 Å². The number of aliphatic hydroxyl groups is 2. The molecule has 0 spiro atoms. The van der Waals surface area contributed by atoms with Crippen molar-refractivity contribution in [2.75, 3.05) is 19.8 Å². The molecule has 0 aliphatic carbocycles. The second kappa shape index (κ2) is 6.70. The normalized spacial score (nSPS) is 17.6. The summed E-state index contributed by atoms with van der Waals surface area (Å²) in [4.78, 5) is 3.95. The molecule has 1 rings (SSSR count). The van der Waals surface area contributed by atoms with Crippen molar-refractivity contribution in [3.63, 3.8) is 0 Å².